The Hall–Kier alpha value is -2.64. The van der Waals surface area contributed by atoms with Gasteiger partial charge in [-0.2, -0.15) is 0 Å². The Morgan fingerprint density at radius 1 is 1.33 bits per heavy atom. The lowest BCUT2D eigenvalue weighted by Crippen LogP contribution is -2.50. The summed E-state index contributed by atoms with van der Waals surface area (Å²) in [7, 11) is 1.63. The van der Waals surface area contributed by atoms with Gasteiger partial charge < -0.3 is 30.7 Å². The second-order valence-electron chi connectivity index (χ2n) is 6.54. The molecule has 0 aromatic heterocycles. The van der Waals surface area contributed by atoms with E-state index in [0.717, 1.165) is 25.3 Å². The van der Waals surface area contributed by atoms with E-state index >= 15 is 0 Å². The normalized spacial score (nSPS) is 16.6. The molecule has 27 heavy (non-hydrogen) atoms. The molecule has 8 heteroatoms. The first-order valence-corrected chi connectivity index (χ1v) is 9.42. The van der Waals surface area contributed by atoms with Crippen LogP contribution in [0.25, 0.3) is 0 Å². The molecule has 1 heterocycles. The molecule has 1 atom stereocenters. The molecule has 4 N–H and O–H groups in total. The van der Waals surface area contributed by atoms with Crippen molar-refractivity contribution in [1.29, 1.82) is 0 Å². The predicted octanol–water partition coefficient (Wildman–Crippen LogP) is 1.56. The first-order valence-electron chi connectivity index (χ1n) is 9.42. The Labute approximate surface area is 161 Å². The summed E-state index contributed by atoms with van der Waals surface area (Å²) in [6.07, 6.45) is 1.59. The van der Waals surface area contributed by atoms with Gasteiger partial charge in [0.15, 0.2) is 17.5 Å². The summed E-state index contributed by atoms with van der Waals surface area (Å²) in [5.41, 5.74) is 5.33. The number of methoxy groups -OCH3 is 1. The first-order chi connectivity index (χ1) is 13.0. The summed E-state index contributed by atoms with van der Waals surface area (Å²) in [6, 6.07) is 7.49. The van der Waals surface area contributed by atoms with Gasteiger partial charge in [-0.25, -0.2) is 9.79 Å². The third kappa shape index (κ3) is 6.54. The van der Waals surface area contributed by atoms with Crippen LogP contribution in [-0.2, 0) is 0 Å². The Morgan fingerprint density at radius 2 is 2.00 bits per heavy atom. The van der Waals surface area contributed by atoms with E-state index in [1.54, 1.807) is 12.0 Å². The van der Waals surface area contributed by atoms with Crippen LogP contribution in [0.1, 0.15) is 26.7 Å². The molecule has 1 saturated heterocycles. The topological polar surface area (TPSA) is 101 Å². The monoisotopic (exact) mass is 377 g/mol. The quantitative estimate of drug-likeness (QED) is 0.494. The van der Waals surface area contributed by atoms with E-state index in [2.05, 4.69) is 15.6 Å². The molecule has 1 aromatic carbocycles. The van der Waals surface area contributed by atoms with E-state index in [1.807, 2.05) is 38.1 Å². The fraction of sp³-hybridized carbons (Fsp3) is 0.579. The van der Waals surface area contributed by atoms with Crippen LogP contribution >= 0.6 is 0 Å². The summed E-state index contributed by atoms with van der Waals surface area (Å²) in [5, 5.41) is 6.70. The van der Waals surface area contributed by atoms with Crippen molar-refractivity contribution >= 4 is 12.0 Å². The van der Waals surface area contributed by atoms with Crippen molar-refractivity contribution in [2.24, 2.45) is 10.7 Å². The van der Waals surface area contributed by atoms with E-state index in [0.29, 0.717) is 31.1 Å². The number of primary amides is 1. The highest BCUT2D eigenvalue weighted by Crippen LogP contribution is 2.26. The molecule has 1 aromatic rings. The van der Waals surface area contributed by atoms with Crippen LogP contribution in [-0.4, -0.2) is 62.3 Å². The van der Waals surface area contributed by atoms with Gasteiger partial charge in [0.25, 0.3) is 0 Å². The van der Waals surface area contributed by atoms with Gasteiger partial charge >= 0.3 is 6.03 Å². The largest absolute Gasteiger partial charge is 0.493 e. The van der Waals surface area contributed by atoms with Gasteiger partial charge in [0.2, 0.25) is 0 Å². The zero-order valence-corrected chi connectivity index (χ0v) is 16.4. The molecule has 1 aliphatic rings. The number of carbonyl (C=O) groups excluding carboxylic acids is 1. The highest BCUT2D eigenvalue weighted by Gasteiger charge is 2.21. The first kappa shape index (κ1) is 20.7. The minimum Gasteiger partial charge on any atom is -0.493 e. The molecule has 2 rings (SSSR count). The smallest absolute Gasteiger partial charge is 0.314 e. The van der Waals surface area contributed by atoms with Gasteiger partial charge in [-0.15, -0.1) is 0 Å². The summed E-state index contributed by atoms with van der Waals surface area (Å²) < 4.78 is 11.3. The Kier molecular flexibility index (Phi) is 8.03. The number of hydrogen-bond donors (Lipinski definition) is 3. The second-order valence-corrected chi connectivity index (χ2v) is 6.54. The number of urea groups is 1. The minimum atomic E-state index is -0.351. The highest BCUT2D eigenvalue weighted by molar-refractivity contribution is 5.80. The number of guanidine groups is 1. The molecular weight excluding hydrogens is 346 g/mol. The summed E-state index contributed by atoms with van der Waals surface area (Å²) in [6.45, 7) is 6.62. The van der Waals surface area contributed by atoms with Crippen LogP contribution in [0.3, 0.4) is 0 Å². The number of benzene rings is 1. The lowest BCUT2D eigenvalue weighted by Gasteiger charge is -2.32. The Bertz CT molecular complexity index is 630. The molecule has 0 aliphatic carbocycles. The van der Waals surface area contributed by atoms with Gasteiger partial charge in [0, 0.05) is 25.7 Å². The Balaban J connectivity index is 1.88. The molecular formula is C19H31N5O3. The standard InChI is InChI=1S/C19H31N5O3/c1-4-21-19(23-15-9-11-24(12-10-15)18(20)25)22-13-14(2)27-17-8-6-5-7-16(17)26-3/h5-8,14-15H,4,9-13H2,1-3H3,(H2,20,25)(H2,21,22,23). The van der Waals surface area contributed by atoms with Crippen molar-refractivity contribution in [3.8, 4) is 11.5 Å². The summed E-state index contributed by atoms with van der Waals surface area (Å²) in [4.78, 5) is 17.5. The fourth-order valence-corrected chi connectivity index (χ4v) is 2.95. The van der Waals surface area contributed by atoms with Crippen LogP contribution in [0.2, 0.25) is 0 Å². The van der Waals surface area contributed by atoms with Gasteiger partial charge in [0.1, 0.15) is 6.10 Å². The number of likely N-dealkylation sites (tertiary alicyclic amines) is 1. The number of nitrogens with two attached hydrogens (primary N) is 1. The Morgan fingerprint density at radius 3 is 2.59 bits per heavy atom. The maximum absolute atomic E-state index is 11.2. The summed E-state index contributed by atoms with van der Waals surface area (Å²) >= 11 is 0. The number of hydrogen-bond acceptors (Lipinski definition) is 4. The van der Waals surface area contributed by atoms with Crippen molar-refractivity contribution < 1.29 is 14.3 Å². The van der Waals surface area contributed by atoms with Crippen LogP contribution < -0.4 is 25.8 Å². The van der Waals surface area contributed by atoms with Crippen molar-refractivity contribution in [1.82, 2.24) is 15.5 Å². The number of para-hydroxylation sites is 2. The third-order valence-corrected chi connectivity index (χ3v) is 4.40. The number of nitrogens with zero attached hydrogens (tertiary/aromatic N) is 2. The van der Waals surface area contributed by atoms with Crippen LogP contribution in [0, 0.1) is 0 Å². The molecule has 2 amide bonds. The van der Waals surface area contributed by atoms with Crippen LogP contribution in [0.5, 0.6) is 11.5 Å². The fourth-order valence-electron chi connectivity index (χ4n) is 2.95. The van der Waals surface area contributed by atoms with E-state index in [4.69, 9.17) is 15.2 Å². The van der Waals surface area contributed by atoms with E-state index in [1.165, 1.54) is 0 Å². The SMILES string of the molecule is CCNC(=NCC(C)Oc1ccccc1OC)NC1CCN(C(N)=O)CC1. The van der Waals surface area contributed by atoms with Crippen LogP contribution in [0.15, 0.2) is 29.3 Å². The molecule has 8 nitrogen and oxygen atoms in total. The van der Waals surface area contributed by atoms with Gasteiger partial charge in [-0.1, -0.05) is 12.1 Å². The number of amides is 2. The van der Waals surface area contributed by atoms with Gasteiger partial charge in [-0.05, 0) is 38.8 Å². The number of piperidine rings is 1. The lowest BCUT2D eigenvalue weighted by molar-refractivity contribution is 0.188. The van der Waals surface area contributed by atoms with Crippen molar-refractivity contribution in [2.75, 3.05) is 33.3 Å². The van der Waals surface area contributed by atoms with E-state index < -0.39 is 0 Å². The highest BCUT2D eigenvalue weighted by atomic mass is 16.5. The number of aliphatic imine (C=N–C) groups is 1. The predicted molar refractivity (Wildman–Crippen MR) is 106 cm³/mol. The molecule has 0 saturated carbocycles. The van der Waals surface area contributed by atoms with Crippen molar-refractivity contribution in [3.05, 3.63) is 24.3 Å². The van der Waals surface area contributed by atoms with Gasteiger partial charge in [-0.3, -0.25) is 0 Å². The third-order valence-electron chi connectivity index (χ3n) is 4.40. The van der Waals surface area contributed by atoms with Gasteiger partial charge in [0.05, 0.1) is 13.7 Å². The average molecular weight is 377 g/mol. The number of rotatable bonds is 7. The maximum atomic E-state index is 11.2. The molecule has 0 radical (unpaired) electrons. The van der Waals surface area contributed by atoms with Crippen molar-refractivity contribution in [2.45, 2.75) is 38.8 Å². The molecule has 150 valence electrons. The number of nitrogens with one attached hydrogen (secondary N) is 2. The zero-order valence-electron chi connectivity index (χ0n) is 16.4. The van der Waals surface area contributed by atoms with E-state index in [9.17, 15) is 4.79 Å². The van der Waals surface area contributed by atoms with Crippen LogP contribution in [0.4, 0.5) is 4.79 Å². The number of ether oxygens (including phenoxy) is 2. The second kappa shape index (κ2) is 10.5. The minimum absolute atomic E-state index is 0.103. The summed E-state index contributed by atoms with van der Waals surface area (Å²) in [5.74, 6) is 2.17. The lowest BCUT2D eigenvalue weighted by atomic mass is 10.1. The molecule has 0 spiro atoms. The zero-order chi connectivity index (χ0) is 19.6. The molecule has 1 aliphatic heterocycles. The average Bonchev–Trinajstić information content (AvgIpc) is 2.67. The molecule has 1 unspecified atom stereocenters. The van der Waals surface area contributed by atoms with E-state index in [-0.39, 0.29) is 18.2 Å². The molecule has 1 fully saturated rings. The van der Waals surface area contributed by atoms with Crippen molar-refractivity contribution in [3.63, 3.8) is 0 Å². The number of carbonyl (C=O) groups is 1. The molecule has 0 bridgehead atoms. The maximum Gasteiger partial charge on any atom is 0.314 e.